The quantitative estimate of drug-likeness (QED) is 0.265. The Bertz CT molecular complexity index is 663. The molecule has 0 bridgehead atoms. The second kappa shape index (κ2) is 12.7. The smallest absolute Gasteiger partial charge is 0.294 e. The van der Waals surface area contributed by atoms with Gasteiger partial charge >= 0.3 is 0 Å². The summed E-state index contributed by atoms with van der Waals surface area (Å²) in [7, 11) is 0. The number of rotatable bonds is 11. The lowest BCUT2D eigenvalue weighted by molar-refractivity contribution is -0.757. The zero-order valence-electron chi connectivity index (χ0n) is 16.7. The fourth-order valence-electron chi connectivity index (χ4n) is 2.60. The highest BCUT2D eigenvalue weighted by atomic mass is 16.9. The first kappa shape index (κ1) is 23.4. The number of benzene rings is 1. The Morgan fingerprint density at radius 2 is 1.79 bits per heavy atom. The van der Waals surface area contributed by atoms with Crippen LogP contribution in [0.3, 0.4) is 0 Å². The van der Waals surface area contributed by atoms with Crippen molar-refractivity contribution in [1.82, 2.24) is 10.2 Å². The van der Waals surface area contributed by atoms with Gasteiger partial charge in [-0.1, -0.05) is 26.8 Å². The summed E-state index contributed by atoms with van der Waals surface area (Å²) in [6.07, 6.45) is 1.62. The number of unbranched alkanes of at least 4 members (excludes halogenated alkanes) is 1. The number of imide groups is 1. The van der Waals surface area contributed by atoms with Gasteiger partial charge in [-0.2, -0.15) is 0 Å². The first-order valence-corrected chi connectivity index (χ1v) is 9.57. The average Bonchev–Trinajstić information content (AvgIpc) is 2.92. The first-order chi connectivity index (χ1) is 13.5. The van der Waals surface area contributed by atoms with Gasteiger partial charge in [-0.3, -0.25) is 14.5 Å². The third-order valence-electron chi connectivity index (χ3n) is 3.90. The van der Waals surface area contributed by atoms with E-state index in [-0.39, 0.29) is 25.0 Å². The summed E-state index contributed by atoms with van der Waals surface area (Å²) in [5.41, 5.74) is 0.637. The zero-order chi connectivity index (χ0) is 20.9. The molecule has 0 saturated heterocycles. The zero-order valence-corrected chi connectivity index (χ0v) is 16.7. The number of nitrogens with zero attached hydrogens (tertiary/aromatic N) is 2. The Balaban J connectivity index is 0.000000696. The molecule has 156 valence electrons. The van der Waals surface area contributed by atoms with Gasteiger partial charge in [0.05, 0.1) is 24.3 Å². The number of amides is 2. The Morgan fingerprint density at radius 3 is 2.36 bits per heavy atom. The van der Waals surface area contributed by atoms with E-state index in [0.29, 0.717) is 36.3 Å². The predicted octanol–water partition coefficient (Wildman–Crippen LogP) is 2.68. The molecule has 1 aromatic rings. The minimum atomic E-state index is -0.862. The second-order valence-corrected chi connectivity index (χ2v) is 6.01. The van der Waals surface area contributed by atoms with Gasteiger partial charge in [0.15, 0.2) is 0 Å². The summed E-state index contributed by atoms with van der Waals surface area (Å²) in [5, 5.41) is 12.3. The van der Waals surface area contributed by atoms with Crippen LogP contribution in [0.2, 0.25) is 0 Å². The molecule has 1 N–H and O–H groups in total. The molecule has 9 heteroatoms. The molecule has 2 amide bonds. The molecular weight excluding hydrogens is 366 g/mol. The molecule has 28 heavy (non-hydrogen) atoms. The van der Waals surface area contributed by atoms with Crippen LogP contribution in [0.25, 0.3) is 0 Å². The molecule has 0 atom stereocenters. The maximum absolute atomic E-state index is 12.4. The number of ether oxygens (including phenoxy) is 1. The molecule has 0 fully saturated rings. The molecule has 1 aliphatic heterocycles. The van der Waals surface area contributed by atoms with E-state index in [2.05, 4.69) is 24.0 Å². The third-order valence-corrected chi connectivity index (χ3v) is 3.90. The molecule has 1 heterocycles. The Morgan fingerprint density at radius 1 is 1.07 bits per heavy atom. The molecule has 0 spiro atoms. The topological polar surface area (TPSA) is 111 Å². The van der Waals surface area contributed by atoms with Crippen molar-refractivity contribution in [2.75, 3.05) is 32.8 Å². The lowest BCUT2D eigenvalue weighted by atomic mass is 10.1. The van der Waals surface area contributed by atoms with Crippen molar-refractivity contribution in [2.24, 2.45) is 0 Å². The van der Waals surface area contributed by atoms with Crippen LogP contribution in [0.4, 0.5) is 0 Å². The highest BCUT2D eigenvalue weighted by Crippen LogP contribution is 2.31. The van der Waals surface area contributed by atoms with Gasteiger partial charge in [0, 0.05) is 6.54 Å². The van der Waals surface area contributed by atoms with Crippen LogP contribution in [-0.2, 0) is 4.84 Å². The highest BCUT2D eigenvalue weighted by molar-refractivity contribution is 6.22. The van der Waals surface area contributed by atoms with Crippen molar-refractivity contribution in [3.63, 3.8) is 0 Å². The van der Waals surface area contributed by atoms with Gasteiger partial charge in [-0.05, 0) is 44.5 Å². The molecule has 2 rings (SSSR count). The number of hydrogen-bond acceptors (Lipinski definition) is 7. The van der Waals surface area contributed by atoms with E-state index in [9.17, 15) is 19.7 Å². The Labute approximate surface area is 165 Å². The molecule has 0 aromatic heterocycles. The molecule has 9 nitrogen and oxygen atoms in total. The molecule has 1 aliphatic rings. The van der Waals surface area contributed by atoms with Crippen LogP contribution in [0.1, 0.15) is 60.7 Å². The van der Waals surface area contributed by atoms with Gasteiger partial charge in [0.1, 0.15) is 5.75 Å². The minimum Gasteiger partial charge on any atom is -0.493 e. The Kier molecular flexibility index (Phi) is 10.6. The van der Waals surface area contributed by atoms with Gasteiger partial charge in [0.25, 0.3) is 16.9 Å². The van der Waals surface area contributed by atoms with Crippen LogP contribution in [0, 0.1) is 10.1 Å². The molecule has 1 aromatic carbocycles. The second-order valence-electron chi connectivity index (χ2n) is 6.01. The van der Waals surface area contributed by atoms with Crippen molar-refractivity contribution >= 4 is 11.8 Å². The fourth-order valence-corrected chi connectivity index (χ4v) is 2.60. The molecule has 0 unspecified atom stereocenters. The van der Waals surface area contributed by atoms with Crippen LogP contribution in [-0.4, -0.2) is 54.6 Å². The summed E-state index contributed by atoms with van der Waals surface area (Å²) >= 11 is 0. The van der Waals surface area contributed by atoms with Crippen LogP contribution < -0.4 is 10.1 Å². The van der Waals surface area contributed by atoms with E-state index >= 15 is 0 Å². The van der Waals surface area contributed by atoms with Gasteiger partial charge < -0.3 is 14.9 Å². The van der Waals surface area contributed by atoms with E-state index in [4.69, 9.17) is 4.74 Å². The number of nitrogens with one attached hydrogen (secondary N) is 1. The van der Waals surface area contributed by atoms with E-state index < -0.39 is 5.09 Å². The van der Waals surface area contributed by atoms with E-state index in [1.807, 2.05) is 6.92 Å². The maximum atomic E-state index is 12.4. The summed E-state index contributed by atoms with van der Waals surface area (Å²) in [6, 6.07) is 4.96. The third kappa shape index (κ3) is 6.80. The summed E-state index contributed by atoms with van der Waals surface area (Å²) < 4.78 is 5.54. The summed E-state index contributed by atoms with van der Waals surface area (Å²) in [6.45, 7) is 8.95. The van der Waals surface area contributed by atoms with Gasteiger partial charge in [-0.15, -0.1) is 10.1 Å². The SMILES string of the molecule is CCCOc1cccc2c1C(=O)N(CCCCO[N+](=O)[O-])C2=O.CCNCC. The van der Waals surface area contributed by atoms with Gasteiger partial charge in [0.2, 0.25) is 0 Å². The van der Waals surface area contributed by atoms with E-state index in [1.54, 1.807) is 18.2 Å². The van der Waals surface area contributed by atoms with Crippen molar-refractivity contribution in [3.8, 4) is 5.75 Å². The molecule has 0 aliphatic carbocycles. The summed E-state index contributed by atoms with van der Waals surface area (Å²) in [4.78, 5) is 40.2. The number of hydrogen-bond donors (Lipinski definition) is 1. The fraction of sp³-hybridized carbons (Fsp3) is 0.579. The largest absolute Gasteiger partial charge is 0.493 e. The molecule has 0 radical (unpaired) electrons. The first-order valence-electron chi connectivity index (χ1n) is 9.57. The minimum absolute atomic E-state index is 0.0545. The van der Waals surface area contributed by atoms with Crippen molar-refractivity contribution < 1.29 is 24.3 Å². The highest BCUT2D eigenvalue weighted by Gasteiger charge is 2.37. The average molecular weight is 395 g/mol. The number of carbonyl (C=O) groups excluding carboxylic acids is 2. The number of carbonyl (C=O) groups is 2. The van der Waals surface area contributed by atoms with Crippen LogP contribution in [0.15, 0.2) is 18.2 Å². The monoisotopic (exact) mass is 395 g/mol. The molecular formula is C19H29N3O6. The van der Waals surface area contributed by atoms with Crippen molar-refractivity contribution in [3.05, 3.63) is 39.4 Å². The van der Waals surface area contributed by atoms with E-state index in [0.717, 1.165) is 24.4 Å². The Hall–Kier alpha value is -2.68. The van der Waals surface area contributed by atoms with Crippen LogP contribution in [0.5, 0.6) is 5.75 Å². The lowest BCUT2D eigenvalue weighted by Gasteiger charge is -2.13. The van der Waals surface area contributed by atoms with Crippen LogP contribution >= 0.6 is 0 Å². The van der Waals surface area contributed by atoms with E-state index in [1.165, 1.54) is 0 Å². The normalized spacial score (nSPS) is 12.3. The van der Waals surface area contributed by atoms with Crippen molar-refractivity contribution in [2.45, 2.75) is 40.0 Å². The summed E-state index contributed by atoms with van der Waals surface area (Å²) in [5.74, 6) is -0.323. The lowest BCUT2D eigenvalue weighted by Crippen LogP contribution is -2.31. The number of fused-ring (bicyclic) bond motifs is 1. The standard InChI is InChI=1S/C15H18N2O6.C4H11N/c1-2-9-22-12-7-5-6-11-13(12)15(19)16(14(11)18)8-3-4-10-23-17(20)21;1-3-5-4-2/h5-7H,2-4,8-10H2,1H3;5H,3-4H2,1-2H3. The van der Waals surface area contributed by atoms with Crippen molar-refractivity contribution in [1.29, 1.82) is 0 Å². The predicted molar refractivity (Wildman–Crippen MR) is 104 cm³/mol. The maximum Gasteiger partial charge on any atom is 0.294 e. The molecule has 0 saturated carbocycles. The van der Waals surface area contributed by atoms with Gasteiger partial charge in [-0.25, -0.2) is 0 Å².